The first-order valence-corrected chi connectivity index (χ1v) is 3.60. The van der Waals surface area contributed by atoms with Crippen LogP contribution in [0.25, 0.3) is 0 Å². The van der Waals surface area contributed by atoms with Crippen LogP contribution in [-0.4, -0.2) is 20.6 Å². The van der Waals surface area contributed by atoms with Gasteiger partial charge in [-0.15, -0.1) is 0 Å². The maximum absolute atomic E-state index is 10.4. The Morgan fingerprint density at radius 3 is 2.38 bits per heavy atom. The fraction of sp³-hybridized carbons (Fsp3) is 1.00. The molecule has 0 aliphatic carbocycles. The molecule has 0 spiro atoms. The fourth-order valence-electron chi connectivity index (χ4n) is 0.370. The maximum atomic E-state index is 10.4. The van der Waals surface area contributed by atoms with E-state index in [9.17, 15) is 8.42 Å². The second-order valence-corrected chi connectivity index (χ2v) is 3.35. The second kappa shape index (κ2) is 1.68. The van der Waals surface area contributed by atoms with Crippen LogP contribution >= 0.6 is 0 Å². The summed E-state index contributed by atoms with van der Waals surface area (Å²) in [4.78, 5) is 0. The first-order valence-electron chi connectivity index (χ1n) is 2.13. The average Bonchev–Trinajstić information content (AvgIpc) is 1.86. The highest BCUT2D eigenvalue weighted by atomic mass is 32.2. The van der Waals surface area contributed by atoms with E-state index < -0.39 is 15.6 Å². The molecule has 5 heteroatoms. The summed E-state index contributed by atoms with van der Waals surface area (Å²) in [6.07, 6.45) is 0. The first-order chi connectivity index (χ1) is 3.63. The van der Waals surface area contributed by atoms with E-state index in [1.165, 1.54) is 6.92 Å². The Morgan fingerprint density at radius 1 is 1.62 bits per heavy atom. The molecule has 1 heterocycles. The zero-order valence-electron chi connectivity index (χ0n) is 4.33. The molecule has 4 nitrogen and oxygen atoms in total. The van der Waals surface area contributed by atoms with Crippen molar-refractivity contribution in [3.63, 3.8) is 0 Å². The molecule has 1 aliphatic heterocycles. The quantitative estimate of drug-likeness (QED) is 0.430. The molecule has 1 fully saturated rings. The minimum atomic E-state index is -3.35. The van der Waals surface area contributed by atoms with Crippen LogP contribution in [0, 0.1) is 0 Å². The molecule has 0 radical (unpaired) electrons. The maximum Gasteiger partial charge on any atom is 0.296 e. The SMILES string of the molecule is CC1OCOS1(=O)=O. The van der Waals surface area contributed by atoms with Crippen molar-refractivity contribution >= 4 is 10.1 Å². The summed E-state index contributed by atoms with van der Waals surface area (Å²) < 4.78 is 29.6. The van der Waals surface area contributed by atoms with E-state index in [2.05, 4.69) is 8.92 Å². The van der Waals surface area contributed by atoms with E-state index >= 15 is 0 Å². The van der Waals surface area contributed by atoms with Crippen LogP contribution in [0.2, 0.25) is 0 Å². The standard InChI is InChI=1S/C3H6O4S/c1-3-6-2-7-8(3,4)5/h3H,2H2,1H3. The Morgan fingerprint density at radius 2 is 2.25 bits per heavy atom. The van der Waals surface area contributed by atoms with Crippen molar-refractivity contribution in [2.24, 2.45) is 0 Å². The normalized spacial score (nSPS) is 35.4. The smallest absolute Gasteiger partial charge is 0.296 e. The van der Waals surface area contributed by atoms with Gasteiger partial charge in [0, 0.05) is 0 Å². The highest BCUT2D eigenvalue weighted by Gasteiger charge is 2.28. The van der Waals surface area contributed by atoms with Gasteiger partial charge in [-0.2, -0.15) is 8.42 Å². The summed E-state index contributed by atoms with van der Waals surface area (Å²) in [7, 11) is -3.35. The monoisotopic (exact) mass is 138 g/mol. The Labute approximate surface area is 47.5 Å². The molecule has 1 unspecified atom stereocenters. The molecular weight excluding hydrogens is 132 g/mol. The van der Waals surface area contributed by atoms with Gasteiger partial charge < -0.3 is 4.74 Å². The van der Waals surface area contributed by atoms with E-state index in [0.29, 0.717) is 0 Å². The molecule has 1 saturated heterocycles. The summed E-state index contributed by atoms with van der Waals surface area (Å²) >= 11 is 0. The van der Waals surface area contributed by atoms with Crippen LogP contribution in [-0.2, 0) is 19.0 Å². The molecule has 0 aromatic rings. The third-order valence-corrected chi connectivity index (χ3v) is 2.30. The lowest BCUT2D eigenvalue weighted by atomic mass is 10.9. The molecule has 1 rings (SSSR count). The first kappa shape index (κ1) is 6.00. The van der Waals surface area contributed by atoms with Crippen molar-refractivity contribution in [1.29, 1.82) is 0 Å². The van der Waals surface area contributed by atoms with Crippen LogP contribution in [0.1, 0.15) is 6.92 Å². The van der Waals surface area contributed by atoms with Gasteiger partial charge in [0.15, 0.2) is 12.2 Å². The van der Waals surface area contributed by atoms with Gasteiger partial charge in [-0.3, -0.25) is 0 Å². The lowest BCUT2D eigenvalue weighted by molar-refractivity contribution is 0.0591. The van der Waals surface area contributed by atoms with E-state index in [0.717, 1.165) is 0 Å². The summed E-state index contributed by atoms with van der Waals surface area (Å²) in [6.45, 7) is 1.30. The third kappa shape index (κ3) is 0.841. The predicted molar refractivity (Wildman–Crippen MR) is 25.4 cm³/mol. The fourth-order valence-corrected chi connectivity index (χ4v) is 0.973. The molecule has 48 valence electrons. The van der Waals surface area contributed by atoms with Crippen LogP contribution in [0.5, 0.6) is 0 Å². The van der Waals surface area contributed by atoms with Gasteiger partial charge in [-0.25, -0.2) is 4.18 Å². The van der Waals surface area contributed by atoms with Crippen molar-refractivity contribution in [3.8, 4) is 0 Å². The molecule has 1 atom stereocenters. The van der Waals surface area contributed by atoms with E-state index in [4.69, 9.17) is 0 Å². The molecule has 0 saturated carbocycles. The minimum Gasteiger partial charge on any atom is -0.333 e. The molecular formula is C3H6O4S. The molecule has 0 amide bonds. The van der Waals surface area contributed by atoms with Gasteiger partial charge in [-0.05, 0) is 6.92 Å². The van der Waals surface area contributed by atoms with Gasteiger partial charge in [0.2, 0.25) is 0 Å². The second-order valence-electron chi connectivity index (χ2n) is 1.46. The van der Waals surface area contributed by atoms with Gasteiger partial charge in [0.05, 0.1) is 0 Å². The van der Waals surface area contributed by atoms with E-state index in [1.807, 2.05) is 0 Å². The van der Waals surface area contributed by atoms with Gasteiger partial charge >= 0.3 is 0 Å². The molecule has 0 bridgehead atoms. The van der Waals surface area contributed by atoms with Gasteiger partial charge in [0.25, 0.3) is 10.1 Å². The largest absolute Gasteiger partial charge is 0.333 e. The topological polar surface area (TPSA) is 52.6 Å². The molecule has 1 aliphatic rings. The average molecular weight is 138 g/mol. The lowest BCUT2D eigenvalue weighted by Gasteiger charge is -1.93. The van der Waals surface area contributed by atoms with Crippen LogP contribution in [0.4, 0.5) is 0 Å². The van der Waals surface area contributed by atoms with Crippen molar-refractivity contribution in [2.75, 3.05) is 6.79 Å². The van der Waals surface area contributed by atoms with Gasteiger partial charge in [0.1, 0.15) is 0 Å². The summed E-state index contributed by atoms with van der Waals surface area (Å²) in [5.41, 5.74) is -0.789. The minimum absolute atomic E-state index is 0.135. The third-order valence-electron chi connectivity index (χ3n) is 0.922. The van der Waals surface area contributed by atoms with Crippen LogP contribution in [0.3, 0.4) is 0 Å². The molecule has 0 N–H and O–H groups in total. The Kier molecular flexibility index (Phi) is 1.26. The Bertz CT molecular complexity index is 170. The number of hydrogen-bond acceptors (Lipinski definition) is 4. The highest BCUT2D eigenvalue weighted by Crippen LogP contribution is 2.12. The highest BCUT2D eigenvalue weighted by molar-refractivity contribution is 7.87. The zero-order valence-corrected chi connectivity index (χ0v) is 5.14. The van der Waals surface area contributed by atoms with E-state index in [1.54, 1.807) is 0 Å². The van der Waals surface area contributed by atoms with Crippen molar-refractivity contribution in [2.45, 2.75) is 12.4 Å². The van der Waals surface area contributed by atoms with Crippen molar-refractivity contribution < 1.29 is 17.3 Å². The van der Waals surface area contributed by atoms with Crippen LogP contribution in [0.15, 0.2) is 0 Å². The zero-order chi connectivity index (χ0) is 6.20. The molecule has 0 aromatic heterocycles. The Balaban J connectivity index is 2.85. The molecule has 0 aromatic carbocycles. The van der Waals surface area contributed by atoms with Crippen molar-refractivity contribution in [3.05, 3.63) is 0 Å². The number of hydrogen-bond donors (Lipinski definition) is 0. The number of rotatable bonds is 0. The summed E-state index contributed by atoms with van der Waals surface area (Å²) in [5.74, 6) is 0. The van der Waals surface area contributed by atoms with Crippen LogP contribution < -0.4 is 0 Å². The van der Waals surface area contributed by atoms with Gasteiger partial charge in [-0.1, -0.05) is 0 Å². The van der Waals surface area contributed by atoms with Crippen molar-refractivity contribution in [1.82, 2.24) is 0 Å². The lowest BCUT2D eigenvalue weighted by Crippen LogP contribution is -2.10. The summed E-state index contributed by atoms with van der Waals surface area (Å²) in [5, 5.41) is 0. The van der Waals surface area contributed by atoms with E-state index in [-0.39, 0.29) is 6.79 Å². The number of ether oxygens (including phenoxy) is 1. The summed E-state index contributed by atoms with van der Waals surface area (Å²) in [6, 6.07) is 0. The predicted octanol–water partition coefficient (Wildman–Crippen LogP) is -0.333. The molecule has 8 heavy (non-hydrogen) atoms. The Hall–Kier alpha value is -0.130.